The number of carboxylic acid groups (broad SMARTS) is 1. The number of anilines is 1. The molecule has 0 saturated heterocycles. The van der Waals surface area contributed by atoms with E-state index in [1.54, 1.807) is 6.07 Å². The molecule has 5 nitrogen and oxygen atoms in total. The second-order valence-electron chi connectivity index (χ2n) is 5.55. The highest BCUT2D eigenvalue weighted by molar-refractivity contribution is 9.10. The molecule has 1 fully saturated rings. The van der Waals surface area contributed by atoms with Gasteiger partial charge in [0, 0.05) is 16.7 Å². The summed E-state index contributed by atoms with van der Waals surface area (Å²) in [6.45, 7) is 2.81. The van der Waals surface area contributed by atoms with E-state index < -0.39 is 5.97 Å². The van der Waals surface area contributed by atoms with Gasteiger partial charge in [-0.15, -0.1) is 0 Å². The summed E-state index contributed by atoms with van der Waals surface area (Å²) in [5.74, 6) is -1.03. The van der Waals surface area contributed by atoms with Crippen molar-refractivity contribution < 1.29 is 14.7 Å². The van der Waals surface area contributed by atoms with Crippen LogP contribution in [-0.4, -0.2) is 23.7 Å². The molecule has 1 aliphatic rings. The number of aromatic carboxylic acids is 1. The molecule has 0 heterocycles. The Balaban J connectivity index is 1.95. The van der Waals surface area contributed by atoms with Crippen molar-refractivity contribution >= 4 is 33.6 Å². The van der Waals surface area contributed by atoms with Crippen LogP contribution >= 0.6 is 15.9 Å². The molecule has 3 N–H and O–H groups in total. The van der Waals surface area contributed by atoms with E-state index in [1.165, 1.54) is 18.6 Å². The molecule has 0 atom stereocenters. The summed E-state index contributed by atoms with van der Waals surface area (Å²) in [4.78, 5) is 22.9. The quantitative estimate of drug-likeness (QED) is 0.751. The van der Waals surface area contributed by atoms with Gasteiger partial charge >= 0.3 is 12.0 Å². The summed E-state index contributed by atoms with van der Waals surface area (Å²) >= 11 is 3.24. The SMILES string of the molecule is CCC1(CNC(=O)Nc2cc(Br)cc(C(=O)O)c2)CCC1. The number of urea groups is 1. The number of halogens is 1. The molecule has 0 radical (unpaired) electrons. The molecular formula is C15H19BrN2O3. The number of hydrogen-bond donors (Lipinski definition) is 3. The number of amides is 2. The number of benzene rings is 1. The zero-order chi connectivity index (χ0) is 15.5. The van der Waals surface area contributed by atoms with Crippen molar-refractivity contribution in [2.75, 3.05) is 11.9 Å². The third kappa shape index (κ3) is 3.97. The molecule has 1 aromatic rings. The number of carboxylic acids is 1. The predicted molar refractivity (Wildman–Crippen MR) is 84.7 cm³/mol. The smallest absolute Gasteiger partial charge is 0.335 e. The van der Waals surface area contributed by atoms with E-state index in [2.05, 4.69) is 33.5 Å². The van der Waals surface area contributed by atoms with Gasteiger partial charge in [-0.25, -0.2) is 9.59 Å². The van der Waals surface area contributed by atoms with Crippen molar-refractivity contribution in [2.24, 2.45) is 5.41 Å². The maximum Gasteiger partial charge on any atom is 0.335 e. The third-order valence-corrected chi connectivity index (χ3v) is 4.65. The van der Waals surface area contributed by atoms with Crippen LogP contribution in [0.3, 0.4) is 0 Å². The molecule has 0 aliphatic heterocycles. The molecule has 0 aromatic heterocycles. The molecule has 2 amide bonds. The van der Waals surface area contributed by atoms with Crippen LogP contribution in [-0.2, 0) is 0 Å². The van der Waals surface area contributed by atoms with Gasteiger partial charge in [-0.2, -0.15) is 0 Å². The molecular weight excluding hydrogens is 336 g/mol. The second kappa shape index (κ2) is 6.47. The van der Waals surface area contributed by atoms with Gasteiger partial charge < -0.3 is 15.7 Å². The minimum Gasteiger partial charge on any atom is -0.478 e. The molecule has 21 heavy (non-hydrogen) atoms. The highest BCUT2D eigenvalue weighted by Gasteiger charge is 2.35. The van der Waals surface area contributed by atoms with Crippen LogP contribution < -0.4 is 10.6 Å². The van der Waals surface area contributed by atoms with Crippen LogP contribution in [0.1, 0.15) is 43.0 Å². The minimum absolute atomic E-state index is 0.128. The fourth-order valence-corrected chi connectivity index (χ4v) is 3.05. The zero-order valence-corrected chi connectivity index (χ0v) is 13.5. The molecule has 6 heteroatoms. The van der Waals surface area contributed by atoms with Crippen LogP contribution in [0.4, 0.5) is 10.5 Å². The minimum atomic E-state index is -1.03. The Morgan fingerprint density at radius 2 is 2.05 bits per heavy atom. The lowest BCUT2D eigenvalue weighted by Crippen LogP contribution is -2.43. The molecule has 1 saturated carbocycles. The number of nitrogens with one attached hydrogen (secondary N) is 2. The van der Waals surface area contributed by atoms with E-state index in [0.717, 1.165) is 19.3 Å². The number of carbonyl (C=O) groups excluding carboxylic acids is 1. The fraction of sp³-hybridized carbons (Fsp3) is 0.467. The number of hydrogen-bond acceptors (Lipinski definition) is 2. The van der Waals surface area contributed by atoms with Gasteiger partial charge in [0.1, 0.15) is 0 Å². The van der Waals surface area contributed by atoms with Gasteiger partial charge in [-0.05, 0) is 42.9 Å². The summed E-state index contributed by atoms with van der Waals surface area (Å²) in [7, 11) is 0. The van der Waals surface area contributed by atoms with Gasteiger partial charge in [-0.1, -0.05) is 29.3 Å². The van der Waals surface area contributed by atoms with Gasteiger partial charge in [0.15, 0.2) is 0 Å². The molecule has 0 bridgehead atoms. The Kier molecular flexibility index (Phi) is 4.88. The highest BCUT2D eigenvalue weighted by atomic mass is 79.9. The van der Waals surface area contributed by atoms with Crippen LogP contribution in [0.15, 0.2) is 22.7 Å². The molecule has 2 rings (SSSR count). The van der Waals surface area contributed by atoms with E-state index in [0.29, 0.717) is 16.7 Å². The lowest BCUT2D eigenvalue weighted by Gasteiger charge is -2.41. The van der Waals surface area contributed by atoms with E-state index in [-0.39, 0.29) is 17.0 Å². The summed E-state index contributed by atoms with van der Waals surface area (Å²) in [6.07, 6.45) is 4.60. The Morgan fingerprint density at radius 3 is 2.57 bits per heavy atom. The maximum absolute atomic E-state index is 11.9. The van der Waals surface area contributed by atoms with E-state index in [9.17, 15) is 9.59 Å². The lowest BCUT2D eigenvalue weighted by atomic mass is 9.67. The first-order valence-corrected chi connectivity index (χ1v) is 7.82. The van der Waals surface area contributed by atoms with Crippen LogP contribution in [0.5, 0.6) is 0 Å². The highest BCUT2D eigenvalue weighted by Crippen LogP contribution is 2.43. The van der Waals surface area contributed by atoms with Crippen molar-refractivity contribution in [2.45, 2.75) is 32.6 Å². The molecule has 1 aromatic carbocycles. The first-order chi connectivity index (χ1) is 9.94. The molecule has 114 valence electrons. The Bertz CT molecular complexity index is 550. The average molecular weight is 355 g/mol. The average Bonchev–Trinajstić information content (AvgIpc) is 2.37. The largest absolute Gasteiger partial charge is 0.478 e. The van der Waals surface area contributed by atoms with Gasteiger partial charge in [-0.3, -0.25) is 0 Å². The summed E-state index contributed by atoms with van der Waals surface area (Å²) in [5.41, 5.74) is 0.836. The van der Waals surface area contributed by atoms with Crippen molar-refractivity contribution in [1.29, 1.82) is 0 Å². The molecule has 0 unspecified atom stereocenters. The number of rotatable bonds is 5. The summed E-state index contributed by atoms with van der Waals surface area (Å²) in [6, 6.07) is 4.30. The van der Waals surface area contributed by atoms with Gasteiger partial charge in [0.25, 0.3) is 0 Å². The van der Waals surface area contributed by atoms with Gasteiger partial charge in [0.05, 0.1) is 5.56 Å². The Hall–Kier alpha value is -1.56. The molecule has 1 aliphatic carbocycles. The fourth-order valence-electron chi connectivity index (χ4n) is 2.56. The zero-order valence-electron chi connectivity index (χ0n) is 11.9. The van der Waals surface area contributed by atoms with E-state index in [4.69, 9.17) is 5.11 Å². The van der Waals surface area contributed by atoms with Crippen LogP contribution in [0, 0.1) is 5.41 Å². The standard InChI is InChI=1S/C15H19BrN2O3/c1-2-15(4-3-5-15)9-17-14(21)18-12-7-10(13(19)20)6-11(16)8-12/h6-8H,2-5,9H2,1H3,(H,19,20)(H2,17,18,21). The van der Waals surface area contributed by atoms with Crippen molar-refractivity contribution in [1.82, 2.24) is 5.32 Å². The molecule has 0 spiro atoms. The normalized spacial score (nSPS) is 15.9. The number of carbonyl (C=O) groups is 2. The van der Waals surface area contributed by atoms with Crippen molar-refractivity contribution in [3.8, 4) is 0 Å². The Labute approximate surface area is 132 Å². The van der Waals surface area contributed by atoms with E-state index in [1.807, 2.05) is 0 Å². The van der Waals surface area contributed by atoms with Crippen molar-refractivity contribution in [3.63, 3.8) is 0 Å². The second-order valence-corrected chi connectivity index (χ2v) is 6.46. The lowest BCUT2D eigenvalue weighted by molar-refractivity contribution is 0.0697. The summed E-state index contributed by atoms with van der Waals surface area (Å²) in [5, 5.41) is 14.6. The monoisotopic (exact) mass is 354 g/mol. The summed E-state index contributed by atoms with van der Waals surface area (Å²) < 4.78 is 0.613. The van der Waals surface area contributed by atoms with Gasteiger partial charge in [0.2, 0.25) is 0 Å². The van der Waals surface area contributed by atoms with Crippen LogP contribution in [0.2, 0.25) is 0 Å². The van der Waals surface area contributed by atoms with Crippen LogP contribution in [0.25, 0.3) is 0 Å². The van der Waals surface area contributed by atoms with Crippen molar-refractivity contribution in [3.05, 3.63) is 28.2 Å². The topological polar surface area (TPSA) is 78.4 Å². The Morgan fingerprint density at radius 1 is 1.33 bits per heavy atom. The maximum atomic E-state index is 11.9. The first kappa shape index (κ1) is 15.8. The first-order valence-electron chi connectivity index (χ1n) is 7.03. The van der Waals surface area contributed by atoms with E-state index >= 15 is 0 Å². The third-order valence-electron chi connectivity index (χ3n) is 4.19. The predicted octanol–water partition coefficient (Wildman–Crippen LogP) is 3.85.